The van der Waals surface area contributed by atoms with Crippen LogP contribution in [0.1, 0.15) is 25.7 Å². The van der Waals surface area contributed by atoms with Gasteiger partial charge in [0.15, 0.2) is 0 Å². The third-order valence-corrected chi connectivity index (χ3v) is 3.20. The summed E-state index contributed by atoms with van der Waals surface area (Å²) < 4.78 is 0. The molecule has 1 saturated carbocycles. The van der Waals surface area contributed by atoms with Crippen molar-refractivity contribution in [3.8, 4) is 6.07 Å². The number of hydrogen-bond donors (Lipinski definition) is 2. The minimum absolute atomic E-state index is 0.106. The second-order valence-corrected chi connectivity index (χ2v) is 4.13. The van der Waals surface area contributed by atoms with Crippen LogP contribution in [0.4, 0.5) is 0 Å². The van der Waals surface area contributed by atoms with E-state index in [9.17, 15) is 4.79 Å². The standard InChI is InChI=1S/C9H13N3O/c10-5-6(11)3-9-2-1-7(4-9)12-8(9)13/h6-7H,1-4,11H2,(H,12,13)/t6?,7-,9-/m1/s1. The molecule has 0 aromatic carbocycles. The van der Waals surface area contributed by atoms with Gasteiger partial charge in [0.05, 0.1) is 17.5 Å². The van der Waals surface area contributed by atoms with E-state index in [1.54, 1.807) is 0 Å². The van der Waals surface area contributed by atoms with E-state index < -0.39 is 6.04 Å². The van der Waals surface area contributed by atoms with Crippen LogP contribution in [0.25, 0.3) is 0 Å². The molecule has 1 aliphatic heterocycles. The first-order chi connectivity index (χ1) is 6.16. The SMILES string of the molecule is N#CC(N)C[C@]12CC[C@H](C1)NC2=O. The summed E-state index contributed by atoms with van der Waals surface area (Å²) in [7, 11) is 0. The van der Waals surface area contributed by atoms with Crippen LogP contribution >= 0.6 is 0 Å². The second kappa shape index (κ2) is 2.71. The largest absolute Gasteiger partial charge is 0.353 e. The number of carbonyl (C=O) groups excluding carboxylic acids is 1. The van der Waals surface area contributed by atoms with Crippen molar-refractivity contribution in [1.82, 2.24) is 5.32 Å². The highest BCUT2D eigenvalue weighted by atomic mass is 16.2. The Morgan fingerprint density at radius 1 is 1.85 bits per heavy atom. The number of piperidine rings is 1. The van der Waals surface area contributed by atoms with Crippen molar-refractivity contribution in [3.63, 3.8) is 0 Å². The smallest absolute Gasteiger partial charge is 0.226 e. The maximum atomic E-state index is 11.5. The van der Waals surface area contributed by atoms with Gasteiger partial charge in [-0.05, 0) is 25.7 Å². The fraction of sp³-hybridized carbons (Fsp3) is 0.778. The average Bonchev–Trinajstić information content (AvgIpc) is 2.61. The van der Waals surface area contributed by atoms with Gasteiger partial charge in [0.2, 0.25) is 5.91 Å². The number of hydrogen-bond acceptors (Lipinski definition) is 3. The van der Waals surface area contributed by atoms with Gasteiger partial charge in [0.1, 0.15) is 0 Å². The Labute approximate surface area is 77.1 Å². The fourth-order valence-corrected chi connectivity index (χ4v) is 2.54. The van der Waals surface area contributed by atoms with Crippen LogP contribution in [0.3, 0.4) is 0 Å². The number of nitrogens with zero attached hydrogens (tertiary/aromatic N) is 1. The van der Waals surface area contributed by atoms with Gasteiger partial charge in [-0.1, -0.05) is 0 Å². The van der Waals surface area contributed by atoms with Crippen LogP contribution in [0, 0.1) is 16.7 Å². The second-order valence-electron chi connectivity index (χ2n) is 4.13. The fourth-order valence-electron chi connectivity index (χ4n) is 2.54. The Balaban J connectivity index is 2.12. The van der Waals surface area contributed by atoms with Gasteiger partial charge >= 0.3 is 0 Å². The lowest BCUT2D eigenvalue weighted by molar-refractivity contribution is -0.129. The quantitative estimate of drug-likeness (QED) is 0.621. The summed E-state index contributed by atoms with van der Waals surface area (Å²) in [6.45, 7) is 0. The zero-order valence-electron chi connectivity index (χ0n) is 7.42. The molecule has 3 atom stereocenters. The first-order valence-corrected chi connectivity index (χ1v) is 4.62. The van der Waals surface area contributed by atoms with Crippen LogP contribution in [-0.4, -0.2) is 18.0 Å². The molecule has 2 aliphatic rings. The van der Waals surface area contributed by atoms with Crippen molar-refractivity contribution in [2.75, 3.05) is 0 Å². The number of nitriles is 1. The number of rotatable bonds is 2. The first-order valence-electron chi connectivity index (χ1n) is 4.62. The molecule has 0 aromatic rings. The molecule has 3 N–H and O–H groups in total. The van der Waals surface area contributed by atoms with Crippen molar-refractivity contribution in [2.45, 2.75) is 37.8 Å². The van der Waals surface area contributed by atoms with Crippen molar-refractivity contribution in [3.05, 3.63) is 0 Å². The highest BCUT2D eigenvalue weighted by Gasteiger charge is 2.52. The summed E-state index contributed by atoms with van der Waals surface area (Å²) in [6, 6.07) is 1.84. The summed E-state index contributed by atoms with van der Waals surface area (Å²) in [5, 5.41) is 11.5. The number of fused-ring (bicyclic) bond motifs is 2. The van der Waals surface area contributed by atoms with Gasteiger partial charge in [0.25, 0.3) is 0 Å². The molecule has 4 heteroatoms. The van der Waals surface area contributed by atoms with Gasteiger partial charge in [-0.15, -0.1) is 0 Å². The molecule has 1 heterocycles. The van der Waals surface area contributed by atoms with Gasteiger partial charge in [-0.25, -0.2) is 0 Å². The van der Waals surface area contributed by atoms with Crippen molar-refractivity contribution in [2.24, 2.45) is 11.1 Å². The number of nitrogens with two attached hydrogens (primary N) is 1. The van der Waals surface area contributed by atoms with E-state index in [-0.39, 0.29) is 11.3 Å². The van der Waals surface area contributed by atoms with Gasteiger partial charge < -0.3 is 11.1 Å². The summed E-state index contributed by atoms with van der Waals surface area (Å²) in [4.78, 5) is 11.5. The van der Waals surface area contributed by atoms with Crippen LogP contribution in [0.5, 0.6) is 0 Å². The molecule has 1 amide bonds. The first kappa shape index (κ1) is 8.52. The van der Waals surface area contributed by atoms with E-state index in [2.05, 4.69) is 5.32 Å². The molecule has 0 radical (unpaired) electrons. The molecule has 70 valence electrons. The molecule has 4 nitrogen and oxygen atoms in total. The third-order valence-electron chi connectivity index (χ3n) is 3.20. The van der Waals surface area contributed by atoms with Crippen molar-refractivity contribution >= 4 is 5.91 Å². The molecule has 13 heavy (non-hydrogen) atoms. The van der Waals surface area contributed by atoms with Crippen LogP contribution < -0.4 is 11.1 Å². The number of carbonyl (C=O) groups is 1. The molecule has 2 fully saturated rings. The summed E-state index contributed by atoms with van der Waals surface area (Å²) in [5.41, 5.74) is 5.25. The summed E-state index contributed by atoms with van der Waals surface area (Å²) >= 11 is 0. The van der Waals surface area contributed by atoms with Crippen molar-refractivity contribution in [1.29, 1.82) is 5.26 Å². The molecule has 1 saturated heterocycles. The Morgan fingerprint density at radius 3 is 3.08 bits per heavy atom. The predicted octanol–water partition coefficient (Wildman–Crippen LogP) is -0.104. The Bertz CT molecular complexity index is 283. The number of amides is 1. The minimum Gasteiger partial charge on any atom is -0.353 e. The Morgan fingerprint density at radius 2 is 2.62 bits per heavy atom. The Hall–Kier alpha value is -1.08. The predicted molar refractivity (Wildman–Crippen MR) is 46.4 cm³/mol. The summed E-state index contributed by atoms with van der Waals surface area (Å²) in [6.07, 6.45) is 3.34. The molecule has 1 aliphatic carbocycles. The van der Waals surface area contributed by atoms with E-state index in [4.69, 9.17) is 11.0 Å². The minimum atomic E-state index is -0.498. The zero-order valence-corrected chi connectivity index (χ0v) is 7.42. The van der Waals surface area contributed by atoms with E-state index in [1.807, 2.05) is 6.07 Å². The van der Waals surface area contributed by atoms with E-state index >= 15 is 0 Å². The van der Waals surface area contributed by atoms with Gasteiger partial charge in [-0.3, -0.25) is 4.79 Å². The van der Waals surface area contributed by atoms with Crippen LogP contribution in [0.15, 0.2) is 0 Å². The van der Waals surface area contributed by atoms with Crippen LogP contribution in [0.2, 0.25) is 0 Å². The van der Waals surface area contributed by atoms with E-state index in [0.29, 0.717) is 12.5 Å². The van der Waals surface area contributed by atoms with Gasteiger partial charge in [0, 0.05) is 6.04 Å². The molecule has 2 rings (SSSR count). The Kier molecular flexibility index (Phi) is 1.77. The van der Waals surface area contributed by atoms with Crippen molar-refractivity contribution < 1.29 is 4.79 Å². The molecule has 2 bridgehead atoms. The highest BCUT2D eigenvalue weighted by molar-refractivity contribution is 5.86. The van der Waals surface area contributed by atoms with E-state index in [1.165, 1.54) is 0 Å². The molecule has 0 spiro atoms. The summed E-state index contributed by atoms with van der Waals surface area (Å²) in [5.74, 6) is 0.106. The van der Waals surface area contributed by atoms with Crippen LogP contribution in [-0.2, 0) is 4.79 Å². The maximum absolute atomic E-state index is 11.5. The molecular weight excluding hydrogens is 166 g/mol. The van der Waals surface area contributed by atoms with E-state index in [0.717, 1.165) is 19.3 Å². The monoisotopic (exact) mass is 179 g/mol. The molecular formula is C9H13N3O. The third kappa shape index (κ3) is 1.20. The lowest BCUT2D eigenvalue weighted by Crippen LogP contribution is -2.39. The topological polar surface area (TPSA) is 78.9 Å². The average molecular weight is 179 g/mol. The molecule has 1 unspecified atom stereocenters. The number of nitrogens with one attached hydrogen (secondary N) is 1. The van der Waals surface area contributed by atoms with Gasteiger partial charge in [-0.2, -0.15) is 5.26 Å². The molecule has 0 aromatic heterocycles. The normalized spacial score (nSPS) is 38.5. The highest BCUT2D eigenvalue weighted by Crippen LogP contribution is 2.46. The zero-order chi connectivity index (χ0) is 9.47. The maximum Gasteiger partial charge on any atom is 0.226 e. The lowest BCUT2D eigenvalue weighted by atomic mass is 9.81. The lowest BCUT2D eigenvalue weighted by Gasteiger charge is -2.25.